The third kappa shape index (κ3) is 4.32. The molecule has 2 saturated heterocycles. The second-order valence-corrected chi connectivity index (χ2v) is 9.32. The molecule has 1 aromatic heterocycles. The predicted octanol–water partition coefficient (Wildman–Crippen LogP) is 4.25. The Morgan fingerprint density at radius 3 is 2.46 bits per heavy atom. The molecule has 1 aromatic carbocycles. The van der Waals surface area contributed by atoms with Gasteiger partial charge in [0.1, 0.15) is 0 Å². The Balaban J connectivity index is 1.37. The largest absolute Gasteiger partial charge is 0.338 e. The molecular formula is C23H31N3OS. The van der Waals surface area contributed by atoms with Crippen molar-refractivity contribution in [3.63, 3.8) is 0 Å². The van der Waals surface area contributed by atoms with Crippen LogP contribution in [0.3, 0.4) is 0 Å². The molecule has 150 valence electrons. The number of carbonyl (C=O) groups is 1. The molecule has 4 rings (SSSR count). The summed E-state index contributed by atoms with van der Waals surface area (Å²) in [5.74, 6) is 0.211. The molecule has 2 aliphatic rings. The van der Waals surface area contributed by atoms with Crippen molar-refractivity contribution in [1.29, 1.82) is 0 Å². The number of nitrogens with zero attached hydrogens (tertiary/aromatic N) is 3. The molecule has 4 nitrogen and oxygen atoms in total. The van der Waals surface area contributed by atoms with E-state index in [0.29, 0.717) is 12.1 Å². The first kappa shape index (κ1) is 19.6. The zero-order valence-electron chi connectivity index (χ0n) is 17.0. The van der Waals surface area contributed by atoms with Crippen LogP contribution in [-0.4, -0.2) is 60.4 Å². The highest BCUT2D eigenvalue weighted by Gasteiger charge is 2.34. The summed E-state index contributed by atoms with van der Waals surface area (Å²) in [7, 11) is 4.23. The second-order valence-electron chi connectivity index (χ2n) is 8.38. The van der Waals surface area contributed by atoms with Gasteiger partial charge in [-0.15, -0.1) is 11.3 Å². The molecule has 0 aliphatic carbocycles. The lowest BCUT2D eigenvalue weighted by atomic mass is 9.98. The first-order valence-corrected chi connectivity index (χ1v) is 11.3. The highest BCUT2D eigenvalue weighted by Crippen LogP contribution is 2.36. The van der Waals surface area contributed by atoms with Gasteiger partial charge < -0.3 is 9.80 Å². The molecule has 1 atom stereocenters. The topological polar surface area (TPSA) is 26.8 Å². The van der Waals surface area contributed by atoms with E-state index in [9.17, 15) is 4.79 Å². The molecule has 0 saturated carbocycles. The molecule has 0 radical (unpaired) electrons. The summed E-state index contributed by atoms with van der Waals surface area (Å²) in [6.07, 6.45) is 4.71. The first-order chi connectivity index (χ1) is 13.6. The van der Waals surface area contributed by atoms with Gasteiger partial charge in [-0.25, -0.2) is 0 Å². The Morgan fingerprint density at radius 1 is 1.07 bits per heavy atom. The average Bonchev–Trinajstić information content (AvgIpc) is 3.40. The molecule has 0 N–H and O–H groups in total. The lowest BCUT2D eigenvalue weighted by molar-refractivity contribution is 0.0604. The molecule has 1 amide bonds. The summed E-state index contributed by atoms with van der Waals surface area (Å²) >= 11 is 1.55. The quantitative estimate of drug-likeness (QED) is 0.755. The number of hydrogen-bond acceptors (Lipinski definition) is 4. The van der Waals surface area contributed by atoms with Gasteiger partial charge in [-0.05, 0) is 68.9 Å². The second kappa shape index (κ2) is 8.76. The maximum absolute atomic E-state index is 12.6. The summed E-state index contributed by atoms with van der Waals surface area (Å²) in [4.78, 5) is 20.4. The van der Waals surface area contributed by atoms with Gasteiger partial charge in [0.2, 0.25) is 0 Å². The fourth-order valence-electron chi connectivity index (χ4n) is 4.75. The van der Waals surface area contributed by atoms with Crippen molar-refractivity contribution >= 4 is 17.2 Å². The van der Waals surface area contributed by atoms with E-state index in [4.69, 9.17) is 0 Å². The third-order valence-electron chi connectivity index (χ3n) is 6.11. The number of carbonyl (C=O) groups excluding carboxylic acids is 1. The van der Waals surface area contributed by atoms with Crippen molar-refractivity contribution < 1.29 is 4.79 Å². The van der Waals surface area contributed by atoms with Crippen molar-refractivity contribution in [2.75, 3.05) is 33.7 Å². The minimum absolute atomic E-state index is 0.211. The third-order valence-corrected chi connectivity index (χ3v) is 6.97. The minimum atomic E-state index is 0.211. The number of likely N-dealkylation sites (tertiary alicyclic amines) is 2. The number of rotatable bonds is 5. The fourth-order valence-corrected chi connectivity index (χ4v) is 5.44. The Hall–Kier alpha value is -1.69. The summed E-state index contributed by atoms with van der Waals surface area (Å²) in [6, 6.07) is 14.3. The van der Waals surface area contributed by atoms with E-state index in [1.54, 1.807) is 11.3 Å². The van der Waals surface area contributed by atoms with E-state index in [1.807, 2.05) is 22.4 Å². The molecular weight excluding hydrogens is 366 g/mol. The van der Waals surface area contributed by atoms with E-state index in [-0.39, 0.29) is 5.91 Å². The van der Waals surface area contributed by atoms with Crippen LogP contribution in [0.25, 0.3) is 0 Å². The van der Waals surface area contributed by atoms with Gasteiger partial charge in [0.15, 0.2) is 0 Å². The Kier molecular flexibility index (Phi) is 6.14. The minimum Gasteiger partial charge on any atom is -0.338 e. The van der Waals surface area contributed by atoms with Crippen molar-refractivity contribution in [3.05, 3.63) is 57.8 Å². The lowest BCUT2D eigenvalue weighted by Gasteiger charge is -2.39. The van der Waals surface area contributed by atoms with Crippen LogP contribution < -0.4 is 0 Å². The number of amides is 1. The maximum Gasteiger partial charge on any atom is 0.263 e. The van der Waals surface area contributed by atoms with Gasteiger partial charge in [0.05, 0.1) is 4.88 Å². The van der Waals surface area contributed by atoms with Gasteiger partial charge in [-0.3, -0.25) is 9.69 Å². The average molecular weight is 398 g/mol. The molecule has 0 bridgehead atoms. The molecule has 2 aliphatic heterocycles. The maximum atomic E-state index is 12.6. The van der Waals surface area contributed by atoms with E-state index in [2.05, 4.69) is 48.2 Å². The molecule has 3 heterocycles. The molecule has 5 heteroatoms. The first-order valence-electron chi connectivity index (χ1n) is 10.4. The Labute approximate surface area is 172 Å². The van der Waals surface area contributed by atoms with E-state index in [0.717, 1.165) is 37.4 Å². The number of benzene rings is 1. The highest BCUT2D eigenvalue weighted by molar-refractivity contribution is 7.12. The van der Waals surface area contributed by atoms with Crippen LogP contribution in [-0.2, 0) is 6.54 Å². The molecule has 28 heavy (non-hydrogen) atoms. The standard InChI is InChI=1S/C23H31N3OS/c1-24(2)17-18-7-9-19(10-8-18)21-5-3-13-26(21)20-11-14-25(15-12-20)23(27)22-6-4-16-28-22/h4,6-10,16,20-21H,3,5,11-15,17H2,1-2H3. The van der Waals surface area contributed by atoms with Crippen LogP contribution in [0.2, 0.25) is 0 Å². The van der Waals surface area contributed by atoms with Gasteiger partial charge in [0.25, 0.3) is 5.91 Å². The van der Waals surface area contributed by atoms with Crippen molar-refractivity contribution in [3.8, 4) is 0 Å². The van der Waals surface area contributed by atoms with Crippen LogP contribution in [0.15, 0.2) is 41.8 Å². The van der Waals surface area contributed by atoms with Crippen LogP contribution >= 0.6 is 11.3 Å². The van der Waals surface area contributed by atoms with Crippen molar-refractivity contribution in [2.24, 2.45) is 0 Å². The van der Waals surface area contributed by atoms with Crippen LogP contribution in [0.5, 0.6) is 0 Å². The van der Waals surface area contributed by atoms with E-state index < -0.39 is 0 Å². The molecule has 2 aromatic rings. The van der Waals surface area contributed by atoms with Crippen molar-refractivity contribution in [1.82, 2.24) is 14.7 Å². The summed E-state index contributed by atoms with van der Waals surface area (Å²) in [5.41, 5.74) is 2.83. The zero-order valence-corrected chi connectivity index (χ0v) is 17.8. The normalized spacial score (nSPS) is 21.5. The summed E-state index contributed by atoms with van der Waals surface area (Å²) in [5, 5.41) is 1.98. The monoisotopic (exact) mass is 397 g/mol. The Morgan fingerprint density at radius 2 is 1.82 bits per heavy atom. The van der Waals surface area contributed by atoms with Crippen LogP contribution in [0.4, 0.5) is 0 Å². The van der Waals surface area contributed by atoms with E-state index in [1.165, 1.54) is 30.5 Å². The molecule has 2 fully saturated rings. The SMILES string of the molecule is CN(C)Cc1ccc(C2CCCN2C2CCN(C(=O)c3cccs3)CC2)cc1. The number of piperidine rings is 1. The van der Waals surface area contributed by atoms with Crippen molar-refractivity contribution in [2.45, 2.75) is 44.3 Å². The predicted molar refractivity (Wildman–Crippen MR) is 116 cm³/mol. The number of thiophene rings is 1. The fraction of sp³-hybridized carbons (Fsp3) is 0.522. The smallest absolute Gasteiger partial charge is 0.263 e. The summed E-state index contributed by atoms with van der Waals surface area (Å²) < 4.78 is 0. The molecule has 0 spiro atoms. The zero-order chi connectivity index (χ0) is 19.5. The van der Waals surface area contributed by atoms with Gasteiger partial charge in [0, 0.05) is 31.7 Å². The van der Waals surface area contributed by atoms with E-state index >= 15 is 0 Å². The highest BCUT2D eigenvalue weighted by atomic mass is 32.1. The lowest BCUT2D eigenvalue weighted by Crippen LogP contribution is -2.46. The molecule has 1 unspecified atom stereocenters. The van der Waals surface area contributed by atoms with Gasteiger partial charge in [-0.2, -0.15) is 0 Å². The summed E-state index contributed by atoms with van der Waals surface area (Å²) in [6.45, 7) is 3.94. The Bertz CT molecular complexity index is 764. The number of hydrogen-bond donors (Lipinski definition) is 0. The van der Waals surface area contributed by atoms with Gasteiger partial charge in [-0.1, -0.05) is 30.3 Å². The van der Waals surface area contributed by atoms with Crippen LogP contribution in [0.1, 0.15) is 52.5 Å². The van der Waals surface area contributed by atoms with Crippen LogP contribution in [0, 0.1) is 0 Å². The van der Waals surface area contributed by atoms with Gasteiger partial charge >= 0.3 is 0 Å².